The quantitative estimate of drug-likeness (QED) is 0.0188. The topological polar surface area (TPSA) is 105 Å². The molecular weight excluding hydrogens is 695 g/mol. The molecule has 0 bridgehead atoms. The van der Waals surface area contributed by atoms with Gasteiger partial charge in [-0.05, 0) is 44.9 Å². The van der Waals surface area contributed by atoms with Gasteiger partial charge in [0.05, 0.1) is 39.9 Å². The van der Waals surface area contributed by atoms with E-state index in [1.165, 1.54) is 141 Å². The molecule has 0 fully saturated rings. The first-order valence-corrected chi connectivity index (χ1v) is 23.9. The van der Waals surface area contributed by atoms with E-state index in [1.807, 2.05) is 27.2 Å². The van der Waals surface area contributed by atoms with Crippen LogP contribution in [0, 0.1) is 0 Å². The fourth-order valence-corrected chi connectivity index (χ4v) is 7.01. The zero-order chi connectivity index (χ0) is 40.0. The average molecular weight is 784 g/mol. The largest absolute Gasteiger partial charge is 0.472 e. The molecule has 0 aromatic carbocycles. The minimum atomic E-state index is -4.34. The molecule has 0 aliphatic heterocycles. The number of phosphoric acid groups is 1. The first-order valence-electron chi connectivity index (χ1n) is 22.4. The Kier molecular flexibility index (Phi) is 36.4. The van der Waals surface area contributed by atoms with Crippen LogP contribution in [-0.4, -0.2) is 73.4 Å². The lowest BCUT2D eigenvalue weighted by Gasteiger charge is -2.25. The lowest BCUT2D eigenvalue weighted by molar-refractivity contribution is -0.870. The zero-order valence-electron chi connectivity index (χ0n) is 36.0. The number of aliphatic hydroxyl groups excluding tert-OH is 1. The van der Waals surface area contributed by atoms with Gasteiger partial charge in [-0.15, -0.1) is 0 Å². The lowest BCUT2D eigenvalue weighted by Crippen LogP contribution is -2.45. The van der Waals surface area contributed by atoms with E-state index in [-0.39, 0.29) is 19.1 Å². The van der Waals surface area contributed by atoms with Crippen molar-refractivity contribution in [3.05, 3.63) is 36.5 Å². The molecule has 318 valence electrons. The maximum Gasteiger partial charge on any atom is 0.472 e. The molecular formula is C45H88N2O6P+. The summed E-state index contributed by atoms with van der Waals surface area (Å²) in [4.78, 5) is 23.1. The van der Waals surface area contributed by atoms with Crippen LogP contribution in [0.1, 0.15) is 194 Å². The van der Waals surface area contributed by atoms with Crippen LogP contribution in [0.4, 0.5) is 0 Å². The van der Waals surface area contributed by atoms with Gasteiger partial charge < -0.3 is 19.8 Å². The van der Waals surface area contributed by atoms with Crippen LogP contribution >= 0.6 is 7.82 Å². The molecule has 0 saturated heterocycles. The Morgan fingerprint density at radius 1 is 0.630 bits per heavy atom. The van der Waals surface area contributed by atoms with Gasteiger partial charge in [0.1, 0.15) is 13.2 Å². The van der Waals surface area contributed by atoms with E-state index in [0.717, 1.165) is 32.1 Å². The van der Waals surface area contributed by atoms with Crippen LogP contribution < -0.4 is 5.32 Å². The molecule has 1 unspecified atom stereocenters. The molecule has 54 heavy (non-hydrogen) atoms. The Hall–Kier alpha value is -1.28. The molecule has 3 N–H and O–H groups in total. The number of aliphatic hydroxyl groups is 1. The summed E-state index contributed by atoms with van der Waals surface area (Å²) in [5, 5.41) is 13.7. The van der Waals surface area contributed by atoms with Crippen molar-refractivity contribution in [3.8, 4) is 0 Å². The third kappa shape index (κ3) is 39.0. The van der Waals surface area contributed by atoms with Crippen molar-refractivity contribution in [1.82, 2.24) is 5.32 Å². The summed E-state index contributed by atoms with van der Waals surface area (Å²) >= 11 is 0. The molecule has 0 radical (unpaired) electrons. The van der Waals surface area contributed by atoms with Crippen molar-refractivity contribution in [2.45, 2.75) is 206 Å². The van der Waals surface area contributed by atoms with Crippen molar-refractivity contribution in [3.63, 3.8) is 0 Å². The molecule has 8 nitrogen and oxygen atoms in total. The van der Waals surface area contributed by atoms with Gasteiger partial charge in [-0.1, -0.05) is 179 Å². The fraction of sp³-hybridized carbons (Fsp3) is 0.844. The number of unbranched alkanes of at least 4 members (excludes halogenated alkanes) is 24. The molecule has 9 heteroatoms. The van der Waals surface area contributed by atoms with Crippen molar-refractivity contribution in [2.24, 2.45) is 0 Å². The standard InChI is InChI=1S/C45H87N2O6P/c1-6-8-10-12-14-16-18-19-20-21-22-23-24-25-26-27-29-31-33-35-37-39-45(49)46-43(42-53-54(50,51)52-41-40-47(3,4)5)44(48)38-36-34-32-30-28-17-15-13-11-9-7-2/h19-20,32,34,36,38,43-44,48H,6-18,21-31,33,35,37,39-42H2,1-5H3,(H-,46,49,50,51)/p+1/b20-19+,34-32+,38-36+/t43-,44+/m0/s1. The minimum absolute atomic E-state index is 0.0533. The summed E-state index contributed by atoms with van der Waals surface area (Å²) in [6.45, 7) is 4.75. The highest BCUT2D eigenvalue weighted by atomic mass is 31.2. The van der Waals surface area contributed by atoms with Gasteiger partial charge in [-0.3, -0.25) is 13.8 Å². The number of nitrogens with one attached hydrogen (secondary N) is 1. The maximum atomic E-state index is 12.8. The Balaban J connectivity index is 4.33. The van der Waals surface area contributed by atoms with Crippen LogP contribution in [0.25, 0.3) is 0 Å². The molecule has 0 aromatic rings. The van der Waals surface area contributed by atoms with Gasteiger partial charge >= 0.3 is 7.82 Å². The van der Waals surface area contributed by atoms with E-state index in [2.05, 4.69) is 37.4 Å². The van der Waals surface area contributed by atoms with Gasteiger partial charge in [0.25, 0.3) is 0 Å². The third-order valence-corrected chi connectivity index (χ3v) is 10.9. The molecule has 1 amide bonds. The number of amides is 1. The van der Waals surface area contributed by atoms with Gasteiger partial charge in [-0.25, -0.2) is 4.57 Å². The second kappa shape index (κ2) is 37.3. The smallest absolute Gasteiger partial charge is 0.387 e. The Bertz CT molecular complexity index is 980. The van der Waals surface area contributed by atoms with Crippen molar-refractivity contribution >= 4 is 13.7 Å². The molecule has 0 aliphatic carbocycles. The van der Waals surface area contributed by atoms with Gasteiger partial charge in [0, 0.05) is 6.42 Å². The van der Waals surface area contributed by atoms with E-state index in [9.17, 15) is 19.4 Å². The number of allylic oxidation sites excluding steroid dienone is 5. The summed E-state index contributed by atoms with van der Waals surface area (Å²) in [7, 11) is 1.54. The summed E-state index contributed by atoms with van der Waals surface area (Å²) < 4.78 is 23.5. The fourth-order valence-electron chi connectivity index (χ4n) is 6.27. The zero-order valence-corrected chi connectivity index (χ0v) is 36.9. The van der Waals surface area contributed by atoms with Crippen LogP contribution in [0.2, 0.25) is 0 Å². The van der Waals surface area contributed by atoms with Crippen LogP contribution in [0.5, 0.6) is 0 Å². The first kappa shape index (κ1) is 52.7. The van der Waals surface area contributed by atoms with Crippen molar-refractivity contribution in [2.75, 3.05) is 40.9 Å². The molecule has 0 aromatic heterocycles. The predicted molar refractivity (Wildman–Crippen MR) is 231 cm³/mol. The van der Waals surface area contributed by atoms with E-state index in [1.54, 1.807) is 12.2 Å². The van der Waals surface area contributed by atoms with Crippen molar-refractivity contribution < 1.29 is 32.9 Å². The second-order valence-corrected chi connectivity index (χ2v) is 17.9. The number of likely N-dealkylation sites (N-methyl/N-ethyl adjacent to an activating group) is 1. The SMILES string of the molecule is CCCCCCCC/C=C/CCCCCCCCCCCCCC(=O)N[C@@H](COP(=O)(O)OCC[N+](C)(C)C)[C@H](O)/C=C/C=C/CCCCCCCCC. The van der Waals surface area contributed by atoms with Crippen molar-refractivity contribution in [1.29, 1.82) is 0 Å². The number of carbonyl (C=O) groups is 1. The summed E-state index contributed by atoms with van der Waals surface area (Å²) in [5.74, 6) is -0.197. The number of quaternary nitrogens is 1. The number of phosphoric ester groups is 1. The first-order chi connectivity index (χ1) is 26.0. The van der Waals surface area contributed by atoms with Crippen LogP contribution in [0.15, 0.2) is 36.5 Å². The normalized spacial score (nSPS) is 14.7. The number of carbonyl (C=O) groups excluding carboxylic acids is 1. The van der Waals surface area contributed by atoms with Crippen LogP contribution in [0.3, 0.4) is 0 Å². The third-order valence-electron chi connectivity index (χ3n) is 9.89. The highest BCUT2D eigenvalue weighted by Crippen LogP contribution is 2.43. The highest BCUT2D eigenvalue weighted by molar-refractivity contribution is 7.47. The maximum absolute atomic E-state index is 12.8. The Morgan fingerprint density at radius 2 is 1.06 bits per heavy atom. The molecule has 0 aliphatic rings. The minimum Gasteiger partial charge on any atom is -0.387 e. The highest BCUT2D eigenvalue weighted by Gasteiger charge is 2.27. The molecule has 3 atom stereocenters. The molecule has 0 saturated carbocycles. The molecule has 0 heterocycles. The van der Waals surface area contributed by atoms with E-state index < -0.39 is 20.0 Å². The monoisotopic (exact) mass is 784 g/mol. The number of hydrogen-bond donors (Lipinski definition) is 3. The average Bonchev–Trinajstić information content (AvgIpc) is 3.12. The summed E-state index contributed by atoms with van der Waals surface area (Å²) in [5.41, 5.74) is 0. The van der Waals surface area contributed by atoms with E-state index in [0.29, 0.717) is 17.4 Å². The van der Waals surface area contributed by atoms with Crippen LogP contribution in [-0.2, 0) is 18.4 Å². The number of hydrogen-bond acceptors (Lipinski definition) is 5. The summed E-state index contributed by atoms with van der Waals surface area (Å²) in [6.07, 6.45) is 45.2. The van der Waals surface area contributed by atoms with E-state index in [4.69, 9.17) is 9.05 Å². The Labute approximate surface area is 334 Å². The summed E-state index contributed by atoms with van der Waals surface area (Å²) in [6, 6.07) is -0.876. The molecule has 0 rings (SSSR count). The van der Waals surface area contributed by atoms with Gasteiger partial charge in [0.15, 0.2) is 0 Å². The Morgan fingerprint density at radius 3 is 1.52 bits per heavy atom. The predicted octanol–water partition coefficient (Wildman–Crippen LogP) is 12.3. The van der Waals surface area contributed by atoms with Gasteiger partial charge in [0.2, 0.25) is 5.91 Å². The van der Waals surface area contributed by atoms with E-state index >= 15 is 0 Å². The second-order valence-electron chi connectivity index (χ2n) is 16.5. The molecule has 0 spiro atoms. The lowest BCUT2D eigenvalue weighted by atomic mass is 10.0. The van der Waals surface area contributed by atoms with Gasteiger partial charge in [-0.2, -0.15) is 0 Å². The number of nitrogens with zero attached hydrogens (tertiary/aromatic N) is 1. The number of rotatable bonds is 40.